The average Bonchev–Trinajstić information content (AvgIpc) is 2.53. The highest BCUT2D eigenvalue weighted by Gasteiger charge is 2.32. The number of hydrogen-bond donors (Lipinski definition) is 3. The molecule has 5 N–H and O–H groups in total. The zero-order valence-corrected chi connectivity index (χ0v) is 15.4. The Morgan fingerprint density at radius 3 is 2.42 bits per heavy atom. The van der Waals surface area contributed by atoms with Gasteiger partial charge < -0.3 is 16.2 Å². The van der Waals surface area contributed by atoms with E-state index in [2.05, 4.69) is 40.8 Å². The van der Waals surface area contributed by atoms with E-state index in [0.717, 1.165) is 12.8 Å². The Labute approximate surface area is 152 Å². The third kappa shape index (κ3) is 9.33. The largest absolute Gasteiger partial charge is 0.572 e. The second-order valence-electron chi connectivity index (χ2n) is 6.54. The van der Waals surface area contributed by atoms with Gasteiger partial charge in [0.1, 0.15) is 5.76 Å². The second kappa shape index (κ2) is 10.1. The molecule has 0 saturated carbocycles. The molecule has 0 amide bonds. The first-order chi connectivity index (χ1) is 12.1. The van der Waals surface area contributed by atoms with Crippen molar-refractivity contribution in [2.45, 2.75) is 52.8 Å². The zero-order valence-electron chi connectivity index (χ0n) is 15.4. The molecule has 1 aliphatic rings. The maximum atomic E-state index is 12.1. The first-order valence-electron chi connectivity index (χ1n) is 8.65. The van der Waals surface area contributed by atoms with Crippen LogP contribution in [0.15, 0.2) is 33.6 Å². The Hall–Kier alpha value is -2.19. The van der Waals surface area contributed by atoms with Crippen molar-refractivity contribution in [1.29, 1.82) is 0 Å². The van der Waals surface area contributed by atoms with Crippen LogP contribution < -0.4 is 16.8 Å². The van der Waals surface area contributed by atoms with Gasteiger partial charge in [-0.05, 0) is 36.8 Å². The predicted octanol–water partition coefficient (Wildman–Crippen LogP) is 3.38. The van der Waals surface area contributed by atoms with Crippen LogP contribution in [0.2, 0.25) is 0 Å². The van der Waals surface area contributed by atoms with Gasteiger partial charge in [0.15, 0.2) is 11.9 Å². The quantitative estimate of drug-likeness (QED) is 0.469. The van der Waals surface area contributed by atoms with Crippen molar-refractivity contribution in [3.05, 3.63) is 23.6 Å². The monoisotopic (exact) mass is 375 g/mol. The van der Waals surface area contributed by atoms with Crippen molar-refractivity contribution in [2.24, 2.45) is 33.3 Å². The Balaban J connectivity index is 2.53. The molecular formula is C17H28F3N5O. The van der Waals surface area contributed by atoms with E-state index in [0.29, 0.717) is 24.1 Å². The van der Waals surface area contributed by atoms with Crippen LogP contribution >= 0.6 is 0 Å². The smallest absolute Gasteiger partial charge is 0.410 e. The molecule has 0 bridgehead atoms. The first kappa shape index (κ1) is 21.9. The van der Waals surface area contributed by atoms with Crippen molar-refractivity contribution >= 4 is 11.9 Å². The minimum absolute atomic E-state index is 0.0423. The minimum atomic E-state index is -4.68. The Kier molecular flexibility index (Phi) is 8.47. The Morgan fingerprint density at radius 2 is 1.88 bits per heavy atom. The van der Waals surface area contributed by atoms with Gasteiger partial charge in [0.05, 0.1) is 0 Å². The predicted molar refractivity (Wildman–Crippen MR) is 97.0 cm³/mol. The van der Waals surface area contributed by atoms with Crippen LogP contribution in [0.4, 0.5) is 13.2 Å². The van der Waals surface area contributed by atoms with E-state index in [1.807, 2.05) is 0 Å². The van der Waals surface area contributed by atoms with Crippen molar-refractivity contribution in [2.75, 3.05) is 6.54 Å². The number of hydrogen-bond acceptors (Lipinski definition) is 3. The molecule has 1 rings (SSSR count). The molecule has 0 aromatic rings. The van der Waals surface area contributed by atoms with Crippen LogP contribution in [0.1, 0.15) is 46.5 Å². The van der Waals surface area contributed by atoms with E-state index in [-0.39, 0.29) is 30.5 Å². The molecular weight excluding hydrogens is 347 g/mol. The molecule has 0 fully saturated rings. The Morgan fingerprint density at radius 1 is 1.19 bits per heavy atom. The summed E-state index contributed by atoms with van der Waals surface area (Å²) >= 11 is 0. The summed E-state index contributed by atoms with van der Waals surface area (Å²) in [6.45, 7) is 7.05. The number of allylic oxidation sites excluding steroid dienone is 4. The lowest BCUT2D eigenvalue weighted by Crippen LogP contribution is -2.41. The van der Waals surface area contributed by atoms with Crippen molar-refractivity contribution < 1.29 is 17.9 Å². The molecule has 2 atom stereocenters. The number of aliphatic imine (C=N–C) groups is 2. The van der Waals surface area contributed by atoms with Crippen LogP contribution in [-0.4, -0.2) is 24.8 Å². The van der Waals surface area contributed by atoms with Crippen molar-refractivity contribution in [1.82, 2.24) is 5.32 Å². The molecule has 0 aliphatic heterocycles. The number of nitrogens with one attached hydrogen (secondary N) is 1. The van der Waals surface area contributed by atoms with Crippen LogP contribution in [0.25, 0.3) is 0 Å². The molecule has 6 nitrogen and oxygen atoms in total. The molecule has 0 heterocycles. The van der Waals surface area contributed by atoms with Gasteiger partial charge in [0.2, 0.25) is 0 Å². The molecule has 0 radical (unpaired) electrons. The fourth-order valence-electron chi connectivity index (χ4n) is 2.47. The minimum Gasteiger partial charge on any atom is -0.410 e. The standard InChI is InChI=1S/C17H28F3N5O/c1-4-11(2)9-12(3)10-23-15(21)25-16(22)24-13-5-7-14(8-6-13)26-17(18,19)20/h5,7,11-12H,4,6,8-10H2,1-3H3,(H5,21,22,23,24,25). The summed E-state index contributed by atoms with van der Waals surface area (Å²) in [5.74, 6) is 1.09. The average molecular weight is 375 g/mol. The summed E-state index contributed by atoms with van der Waals surface area (Å²) in [6.07, 6.45) is 0.557. The zero-order chi connectivity index (χ0) is 19.7. The van der Waals surface area contributed by atoms with Gasteiger partial charge in [-0.2, -0.15) is 0 Å². The van der Waals surface area contributed by atoms with Crippen LogP contribution in [-0.2, 0) is 4.74 Å². The van der Waals surface area contributed by atoms with E-state index in [9.17, 15) is 13.2 Å². The van der Waals surface area contributed by atoms with Gasteiger partial charge in [0.25, 0.3) is 0 Å². The van der Waals surface area contributed by atoms with E-state index in [4.69, 9.17) is 11.5 Å². The molecule has 0 spiro atoms. The highest BCUT2D eigenvalue weighted by atomic mass is 19.4. The highest BCUT2D eigenvalue weighted by Crippen LogP contribution is 2.27. The van der Waals surface area contributed by atoms with Crippen LogP contribution in [0, 0.1) is 11.8 Å². The molecule has 2 unspecified atom stereocenters. The number of alkyl halides is 3. The Bertz CT molecular complexity index is 581. The van der Waals surface area contributed by atoms with E-state index in [1.54, 1.807) is 0 Å². The summed E-state index contributed by atoms with van der Waals surface area (Å²) in [5.41, 5.74) is 12.1. The third-order valence-corrected chi connectivity index (χ3v) is 3.93. The topological polar surface area (TPSA) is 98.0 Å². The van der Waals surface area contributed by atoms with E-state index in [1.165, 1.54) is 12.2 Å². The van der Waals surface area contributed by atoms with Crippen LogP contribution in [0.3, 0.4) is 0 Å². The molecule has 26 heavy (non-hydrogen) atoms. The van der Waals surface area contributed by atoms with Crippen molar-refractivity contribution in [3.63, 3.8) is 0 Å². The van der Waals surface area contributed by atoms with Gasteiger partial charge >= 0.3 is 6.36 Å². The summed E-state index contributed by atoms with van der Waals surface area (Å²) in [5, 5.41) is 2.68. The summed E-state index contributed by atoms with van der Waals surface area (Å²) in [4.78, 5) is 8.34. The normalized spacial score (nSPS) is 18.7. The maximum absolute atomic E-state index is 12.1. The van der Waals surface area contributed by atoms with Gasteiger partial charge in [0, 0.05) is 18.7 Å². The van der Waals surface area contributed by atoms with E-state index < -0.39 is 6.36 Å². The molecule has 0 aromatic heterocycles. The number of nitrogens with two attached hydrogens (primary N) is 2. The third-order valence-electron chi connectivity index (χ3n) is 3.93. The van der Waals surface area contributed by atoms with Gasteiger partial charge in [-0.25, -0.2) is 4.99 Å². The highest BCUT2D eigenvalue weighted by molar-refractivity contribution is 5.97. The van der Waals surface area contributed by atoms with E-state index >= 15 is 0 Å². The summed E-state index contributed by atoms with van der Waals surface area (Å²) in [6, 6.07) is 0. The number of halogens is 3. The molecule has 148 valence electrons. The number of ether oxygens (including phenoxy) is 1. The fraction of sp³-hybridized carbons (Fsp3) is 0.647. The lowest BCUT2D eigenvalue weighted by molar-refractivity contribution is -0.306. The second-order valence-corrected chi connectivity index (χ2v) is 6.54. The number of guanidine groups is 2. The van der Waals surface area contributed by atoms with Gasteiger partial charge in [-0.15, -0.1) is 13.2 Å². The first-order valence-corrected chi connectivity index (χ1v) is 8.65. The van der Waals surface area contributed by atoms with Crippen molar-refractivity contribution in [3.8, 4) is 0 Å². The molecule has 1 aliphatic carbocycles. The lowest BCUT2D eigenvalue weighted by atomic mass is 9.95. The van der Waals surface area contributed by atoms with Gasteiger partial charge in [-0.1, -0.05) is 27.2 Å². The summed E-state index contributed by atoms with van der Waals surface area (Å²) in [7, 11) is 0. The number of nitrogens with zero attached hydrogens (tertiary/aromatic N) is 2. The molecule has 0 aromatic carbocycles. The lowest BCUT2D eigenvalue weighted by Gasteiger charge is -2.16. The summed E-state index contributed by atoms with van der Waals surface area (Å²) < 4.78 is 40.3. The van der Waals surface area contributed by atoms with Gasteiger partial charge in [-0.3, -0.25) is 10.3 Å². The SMILES string of the molecule is CCC(C)CC(C)CN=C(N)NC(N)=NC1=CC=C(OC(F)(F)F)CC1. The van der Waals surface area contributed by atoms with Crippen LogP contribution in [0.5, 0.6) is 0 Å². The maximum Gasteiger partial charge on any atom is 0.572 e. The molecule has 9 heteroatoms. The fourth-order valence-corrected chi connectivity index (χ4v) is 2.47. The number of rotatable bonds is 7. The molecule has 0 saturated heterocycles.